The molecular weight excluding hydrogens is 228 g/mol. The Kier molecular flexibility index (Phi) is 3.32. The zero-order valence-corrected chi connectivity index (χ0v) is 10.5. The second kappa shape index (κ2) is 4.91. The van der Waals surface area contributed by atoms with E-state index >= 15 is 0 Å². The number of rotatable bonds is 3. The highest BCUT2D eigenvalue weighted by atomic mass is 16.2. The molecule has 0 aliphatic carbocycles. The Morgan fingerprint density at radius 3 is 2.89 bits per heavy atom. The maximum absolute atomic E-state index is 12.1. The van der Waals surface area contributed by atoms with E-state index in [0.29, 0.717) is 17.9 Å². The van der Waals surface area contributed by atoms with Crippen LogP contribution in [0.3, 0.4) is 0 Å². The number of nitrogens with two attached hydrogens (primary N) is 1. The number of nitrogens with one attached hydrogen (secondary N) is 1. The quantitative estimate of drug-likeness (QED) is 0.860. The van der Waals surface area contributed by atoms with Crippen molar-refractivity contribution in [2.75, 3.05) is 12.8 Å². The van der Waals surface area contributed by atoms with Crippen molar-refractivity contribution in [3.05, 3.63) is 47.3 Å². The highest BCUT2D eigenvalue weighted by Gasteiger charge is 2.16. The molecule has 0 fully saturated rings. The first kappa shape index (κ1) is 12.2. The molecule has 0 atom stereocenters. The fourth-order valence-corrected chi connectivity index (χ4v) is 1.81. The maximum atomic E-state index is 12.1. The molecule has 18 heavy (non-hydrogen) atoms. The lowest BCUT2D eigenvalue weighted by molar-refractivity contribution is 0.0780. The molecule has 1 amide bonds. The van der Waals surface area contributed by atoms with Crippen LogP contribution in [-0.2, 0) is 6.54 Å². The zero-order valence-electron chi connectivity index (χ0n) is 10.5. The van der Waals surface area contributed by atoms with Crippen LogP contribution in [0.4, 0.5) is 5.69 Å². The van der Waals surface area contributed by atoms with Crippen LogP contribution < -0.4 is 5.73 Å². The van der Waals surface area contributed by atoms with E-state index in [1.807, 2.05) is 25.1 Å². The predicted molar refractivity (Wildman–Crippen MR) is 70.0 cm³/mol. The number of amides is 1. The Balaban J connectivity index is 2.11. The van der Waals surface area contributed by atoms with Gasteiger partial charge in [-0.15, -0.1) is 0 Å². The number of carbonyl (C=O) groups excluding carboxylic acids is 1. The van der Waals surface area contributed by atoms with Gasteiger partial charge in [0.15, 0.2) is 0 Å². The van der Waals surface area contributed by atoms with Gasteiger partial charge in [-0.2, -0.15) is 5.10 Å². The van der Waals surface area contributed by atoms with Crippen LogP contribution in [0, 0.1) is 6.92 Å². The number of carbonyl (C=O) groups is 1. The summed E-state index contributed by atoms with van der Waals surface area (Å²) in [5.74, 6) is -0.161. The average Bonchev–Trinajstić information content (AvgIpc) is 2.74. The number of nitrogen functional groups attached to an aromatic ring is 1. The third-order valence-electron chi connectivity index (χ3n) is 2.73. The van der Waals surface area contributed by atoms with Crippen LogP contribution in [-0.4, -0.2) is 28.1 Å². The number of H-pyrrole nitrogens is 1. The van der Waals surface area contributed by atoms with Gasteiger partial charge in [0.25, 0.3) is 5.91 Å². The van der Waals surface area contributed by atoms with E-state index in [1.54, 1.807) is 11.9 Å². The summed E-state index contributed by atoms with van der Waals surface area (Å²) in [7, 11) is 1.74. The summed E-state index contributed by atoms with van der Waals surface area (Å²) < 4.78 is 0. The van der Waals surface area contributed by atoms with Gasteiger partial charge in [0.1, 0.15) is 5.69 Å². The van der Waals surface area contributed by atoms with E-state index in [9.17, 15) is 4.79 Å². The molecule has 0 unspecified atom stereocenters. The van der Waals surface area contributed by atoms with Crippen molar-refractivity contribution in [1.82, 2.24) is 15.1 Å². The Morgan fingerprint density at radius 2 is 2.28 bits per heavy atom. The van der Waals surface area contributed by atoms with Gasteiger partial charge in [-0.1, -0.05) is 29.8 Å². The van der Waals surface area contributed by atoms with Crippen molar-refractivity contribution < 1.29 is 4.79 Å². The number of aromatic nitrogens is 2. The Hall–Kier alpha value is -2.30. The largest absolute Gasteiger partial charge is 0.396 e. The number of hydrogen-bond donors (Lipinski definition) is 2. The fourth-order valence-electron chi connectivity index (χ4n) is 1.81. The topological polar surface area (TPSA) is 75.0 Å². The molecule has 0 bridgehead atoms. The first-order chi connectivity index (χ1) is 8.58. The summed E-state index contributed by atoms with van der Waals surface area (Å²) in [4.78, 5) is 13.7. The molecule has 1 aromatic carbocycles. The summed E-state index contributed by atoms with van der Waals surface area (Å²) in [6.45, 7) is 2.57. The monoisotopic (exact) mass is 244 g/mol. The van der Waals surface area contributed by atoms with Gasteiger partial charge < -0.3 is 10.6 Å². The van der Waals surface area contributed by atoms with Gasteiger partial charge in [0.2, 0.25) is 0 Å². The molecule has 0 spiro atoms. The molecule has 2 aromatic rings. The van der Waals surface area contributed by atoms with Crippen LogP contribution in [0.5, 0.6) is 0 Å². The number of hydrogen-bond acceptors (Lipinski definition) is 3. The second-order valence-electron chi connectivity index (χ2n) is 4.35. The minimum atomic E-state index is -0.161. The molecule has 0 aliphatic rings. The SMILES string of the molecule is Cc1cccc(CN(C)C(=O)c2[nH]ncc2N)c1. The molecule has 3 N–H and O–H groups in total. The molecule has 94 valence electrons. The van der Waals surface area contributed by atoms with Crippen LogP contribution in [0.25, 0.3) is 0 Å². The molecule has 0 saturated heterocycles. The van der Waals surface area contributed by atoms with Gasteiger partial charge in [-0.05, 0) is 12.5 Å². The Bertz CT molecular complexity index is 562. The fraction of sp³-hybridized carbons (Fsp3) is 0.231. The number of anilines is 1. The second-order valence-corrected chi connectivity index (χ2v) is 4.35. The van der Waals surface area contributed by atoms with Crippen molar-refractivity contribution in [3.8, 4) is 0 Å². The Morgan fingerprint density at radius 1 is 1.50 bits per heavy atom. The Labute approximate surface area is 106 Å². The molecule has 0 saturated carbocycles. The van der Waals surface area contributed by atoms with Crippen molar-refractivity contribution in [3.63, 3.8) is 0 Å². The number of aromatic amines is 1. The van der Waals surface area contributed by atoms with E-state index in [2.05, 4.69) is 16.3 Å². The van der Waals surface area contributed by atoms with E-state index in [4.69, 9.17) is 5.73 Å². The van der Waals surface area contributed by atoms with E-state index in [0.717, 1.165) is 5.56 Å². The van der Waals surface area contributed by atoms with E-state index in [-0.39, 0.29) is 5.91 Å². The molecule has 5 heteroatoms. The van der Waals surface area contributed by atoms with E-state index < -0.39 is 0 Å². The highest BCUT2D eigenvalue weighted by molar-refractivity contribution is 5.96. The van der Waals surface area contributed by atoms with Gasteiger partial charge in [-0.3, -0.25) is 9.89 Å². The van der Waals surface area contributed by atoms with Gasteiger partial charge >= 0.3 is 0 Å². The lowest BCUT2D eigenvalue weighted by Gasteiger charge is -2.16. The average molecular weight is 244 g/mol. The van der Waals surface area contributed by atoms with Crippen LogP contribution in [0.2, 0.25) is 0 Å². The number of benzene rings is 1. The molecule has 1 heterocycles. The number of nitrogens with zero attached hydrogens (tertiary/aromatic N) is 2. The number of aryl methyl sites for hydroxylation is 1. The lowest BCUT2D eigenvalue weighted by atomic mass is 10.1. The zero-order chi connectivity index (χ0) is 13.1. The first-order valence-electron chi connectivity index (χ1n) is 5.68. The maximum Gasteiger partial charge on any atom is 0.274 e. The summed E-state index contributed by atoms with van der Waals surface area (Å²) in [5, 5.41) is 6.37. The predicted octanol–water partition coefficient (Wildman–Crippen LogP) is 1.57. The van der Waals surface area contributed by atoms with Gasteiger partial charge in [-0.25, -0.2) is 0 Å². The van der Waals surface area contributed by atoms with E-state index in [1.165, 1.54) is 11.8 Å². The minimum Gasteiger partial charge on any atom is -0.396 e. The van der Waals surface area contributed by atoms with Crippen LogP contribution in [0.1, 0.15) is 21.6 Å². The summed E-state index contributed by atoms with van der Waals surface area (Å²) in [5.41, 5.74) is 8.63. The normalized spacial score (nSPS) is 10.3. The van der Waals surface area contributed by atoms with Crippen molar-refractivity contribution in [1.29, 1.82) is 0 Å². The highest BCUT2D eigenvalue weighted by Crippen LogP contribution is 2.12. The molecule has 2 rings (SSSR count). The minimum absolute atomic E-state index is 0.161. The molecule has 0 aliphatic heterocycles. The third-order valence-corrected chi connectivity index (χ3v) is 2.73. The third kappa shape index (κ3) is 2.51. The first-order valence-corrected chi connectivity index (χ1v) is 5.68. The molecule has 1 aromatic heterocycles. The van der Waals surface area contributed by atoms with Crippen LogP contribution in [0.15, 0.2) is 30.5 Å². The smallest absolute Gasteiger partial charge is 0.274 e. The van der Waals surface area contributed by atoms with Gasteiger partial charge in [0, 0.05) is 13.6 Å². The summed E-state index contributed by atoms with van der Waals surface area (Å²) >= 11 is 0. The van der Waals surface area contributed by atoms with Gasteiger partial charge in [0.05, 0.1) is 11.9 Å². The standard InChI is InChI=1S/C13H16N4O/c1-9-4-3-5-10(6-9)8-17(2)13(18)12-11(14)7-15-16-12/h3-7H,8,14H2,1-2H3,(H,15,16). The molecule has 0 radical (unpaired) electrons. The van der Waals surface area contributed by atoms with Crippen molar-refractivity contribution in [2.24, 2.45) is 0 Å². The molecular formula is C13H16N4O. The molecule has 5 nitrogen and oxygen atoms in total. The summed E-state index contributed by atoms with van der Waals surface area (Å²) in [6, 6.07) is 8.05. The van der Waals surface area contributed by atoms with Crippen LogP contribution >= 0.6 is 0 Å². The van der Waals surface area contributed by atoms with Crippen molar-refractivity contribution in [2.45, 2.75) is 13.5 Å². The van der Waals surface area contributed by atoms with Crippen molar-refractivity contribution >= 4 is 11.6 Å². The summed E-state index contributed by atoms with van der Waals surface area (Å²) in [6.07, 6.45) is 1.44. The lowest BCUT2D eigenvalue weighted by Crippen LogP contribution is -2.27.